The fraction of sp³-hybridized carbons (Fsp3) is 0.235. The molecule has 0 aliphatic carbocycles. The Morgan fingerprint density at radius 1 is 1.00 bits per heavy atom. The summed E-state index contributed by atoms with van der Waals surface area (Å²) in [5, 5.41) is 2.53. The van der Waals surface area contributed by atoms with Gasteiger partial charge in [-0.25, -0.2) is 4.98 Å². The molecule has 0 spiro atoms. The summed E-state index contributed by atoms with van der Waals surface area (Å²) in [5.74, 6) is 1.08. The van der Waals surface area contributed by atoms with Gasteiger partial charge in [-0.15, -0.1) is 0 Å². The van der Waals surface area contributed by atoms with E-state index in [0.29, 0.717) is 0 Å². The summed E-state index contributed by atoms with van der Waals surface area (Å²) >= 11 is 0. The highest BCUT2D eigenvalue weighted by Gasteiger charge is 2.13. The lowest BCUT2D eigenvalue weighted by molar-refractivity contribution is 0.745. The number of hydrogen-bond donors (Lipinski definition) is 0. The molecule has 3 aromatic rings. The van der Waals surface area contributed by atoms with Crippen molar-refractivity contribution >= 4 is 10.8 Å². The molecular weight excluding hydrogens is 232 g/mol. The smallest absolute Gasteiger partial charge is 0.141 e. The molecule has 3 rings (SSSR count). The van der Waals surface area contributed by atoms with Crippen molar-refractivity contribution in [2.24, 2.45) is 0 Å². The maximum Gasteiger partial charge on any atom is 0.141 e. The van der Waals surface area contributed by atoms with E-state index in [0.717, 1.165) is 18.1 Å². The first kappa shape index (κ1) is 12.0. The second kappa shape index (κ2) is 4.54. The first-order chi connectivity index (χ1) is 9.22. The Morgan fingerprint density at radius 2 is 1.74 bits per heavy atom. The summed E-state index contributed by atoms with van der Waals surface area (Å²) < 4.78 is 2.29. The summed E-state index contributed by atoms with van der Waals surface area (Å²) in [6, 6.07) is 14.9. The summed E-state index contributed by atoms with van der Waals surface area (Å²) in [6.45, 7) is 7.34. The molecule has 0 fully saturated rings. The van der Waals surface area contributed by atoms with Gasteiger partial charge in [-0.3, -0.25) is 0 Å². The quantitative estimate of drug-likeness (QED) is 0.661. The molecule has 1 aromatic heterocycles. The maximum atomic E-state index is 4.76. The summed E-state index contributed by atoms with van der Waals surface area (Å²) in [5.41, 5.74) is 3.59. The Bertz CT molecular complexity index is 733. The Morgan fingerprint density at radius 3 is 2.53 bits per heavy atom. The number of nitrogens with zero attached hydrogens (tertiary/aromatic N) is 2. The van der Waals surface area contributed by atoms with E-state index in [4.69, 9.17) is 4.98 Å². The van der Waals surface area contributed by atoms with Crippen molar-refractivity contribution in [2.75, 3.05) is 0 Å². The lowest BCUT2D eigenvalue weighted by Gasteiger charge is -2.09. The molecule has 2 nitrogen and oxygen atoms in total. The number of hydrogen-bond acceptors (Lipinski definition) is 1. The number of imidazole rings is 1. The van der Waals surface area contributed by atoms with E-state index in [1.165, 1.54) is 22.0 Å². The van der Waals surface area contributed by atoms with Gasteiger partial charge in [0.05, 0.1) is 5.69 Å². The second-order valence-electron chi connectivity index (χ2n) is 4.88. The monoisotopic (exact) mass is 250 g/mol. The highest BCUT2D eigenvalue weighted by molar-refractivity contribution is 5.95. The van der Waals surface area contributed by atoms with E-state index in [9.17, 15) is 0 Å². The van der Waals surface area contributed by atoms with Crippen molar-refractivity contribution in [3.63, 3.8) is 0 Å². The Kier molecular flexibility index (Phi) is 2.86. The molecule has 0 saturated carbocycles. The van der Waals surface area contributed by atoms with Gasteiger partial charge in [-0.1, -0.05) is 42.5 Å². The van der Waals surface area contributed by atoms with E-state index in [2.05, 4.69) is 67.8 Å². The minimum atomic E-state index is 0.950. The Hall–Kier alpha value is -2.09. The zero-order chi connectivity index (χ0) is 13.4. The zero-order valence-corrected chi connectivity index (χ0v) is 11.6. The fourth-order valence-electron chi connectivity index (χ4n) is 2.67. The molecule has 0 aliphatic heterocycles. The summed E-state index contributed by atoms with van der Waals surface area (Å²) in [7, 11) is 0. The maximum absolute atomic E-state index is 4.76. The van der Waals surface area contributed by atoms with Crippen molar-refractivity contribution in [3.05, 3.63) is 53.9 Å². The van der Waals surface area contributed by atoms with Crippen LogP contribution in [0, 0.1) is 13.8 Å². The van der Waals surface area contributed by atoms with Gasteiger partial charge in [0, 0.05) is 17.8 Å². The SMILES string of the molecule is CCn1c(-c2cccc3ccccc23)nc(C)c1C. The molecule has 0 radical (unpaired) electrons. The number of aromatic nitrogens is 2. The molecule has 0 bridgehead atoms. The van der Waals surface area contributed by atoms with Gasteiger partial charge in [0.1, 0.15) is 5.82 Å². The zero-order valence-electron chi connectivity index (χ0n) is 11.6. The molecule has 0 atom stereocenters. The molecule has 0 aliphatic rings. The normalized spacial score (nSPS) is 11.1. The fourth-order valence-corrected chi connectivity index (χ4v) is 2.67. The van der Waals surface area contributed by atoms with Gasteiger partial charge < -0.3 is 4.57 Å². The molecule has 2 heteroatoms. The minimum Gasteiger partial charge on any atom is -0.328 e. The van der Waals surface area contributed by atoms with Gasteiger partial charge in [-0.2, -0.15) is 0 Å². The van der Waals surface area contributed by atoms with E-state index in [1.807, 2.05) is 0 Å². The topological polar surface area (TPSA) is 17.8 Å². The lowest BCUT2D eigenvalue weighted by atomic mass is 10.0. The van der Waals surface area contributed by atoms with Crippen LogP contribution in [0.3, 0.4) is 0 Å². The highest BCUT2D eigenvalue weighted by Crippen LogP contribution is 2.29. The van der Waals surface area contributed by atoms with E-state index < -0.39 is 0 Å². The summed E-state index contributed by atoms with van der Waals surface area (Å²) in [4.78, 5) is 4.76. The number of fused-ring (bicyclic) bond motifs is 1. The van der Waals surface area contributed by atoms with Crippen LogP contribution in [-0.2, 0) is 6.54 Å². The van der Waals surface area contributed by atoms with Crippen LogP contribution in [0.25, 0.3) is 22.2 Å². The molecule has 19 heavy (non-hydrogen) atoms. The van der Waals surface area contributed by atoms with Crippen LogP contribution in [0.5, 0.6) is 0 Å². The van der Waals surface area contributed by atoms with Crippen LogP contribution < -0.4 is 0 Å². The van der Waals surface area contributed by atoms with Crippen molar-refractivity contribution in [1.29, 1.82) is 0 Å². The lowest BCUT2D eigenvalue weighted by Crippen LogP contribution is -2.00. The van der Waals surface area contributed by atoms with Crippen LogP contribution >= 0.6 is 0 Å². The summed E-state index contributed by atoms with van der Waals surface area (Å²) in [6.07, 6.45) is 0. The van der Waals surface area contributed by atoms with Crippen molar-refractivity contribution < 1.29 is 0 Å². The van der Waals surface area contributed by atoms with Crippen LogP contribution in [0.4, 0.5) is 0 Å². The van der Waals surface area contributed by atoms with Crippen molar-refractivity contribution in [3.8, 4) is 11.4 Å². The van der Waals surface area contributed by atoms with Gasteiger partial charge >= 0.3 is 0 Å². The first-order valence-electron chi connectivity index (χ1n) is 6.74. The third-order valence-electron chi connectivity index (χ3n) is 3.80. The van der Waals surface area contributed by atoms with Crippen molar-refractivity contribution in [2.45, 2.75) is 27.3 Å². The molecule has 0 saturated heterocycles. The predicted molar refractivity (Wildman–Crippen MR) is 80.3 cm³/mol. The number of aryl methyl sites for hydroxylation is 1. The Balaban J connectivity index is 2.33. The largest absolute Gasteiger partial charge is 0.328 e. The minimum absolute atomic E-state index is 0.950. The molecule has 0 N–H and O–H groups in total. The Labute approximate surface area is 113 Å². The molecule has 0 amide bonds. The van der Waals surface area contributed by atoms with Gasteiger partial charge in [0.2, 0.25) is 0 Å². The predicted octanol–water partition coefficient (Wildman–Crippen LogP) is 4.34. The number of rotatable bonds is 2. The molecule has 0 unspecified atom stereocenters. The first-order valence-corrected chi connectivity index (χ1v) is 6.74. The standard InChI is InChI=1S/C17H18N2/c1-4-19-13(3)12(2)18-17(19)16-11-7-9-14-8-5-6-10-15(14)16/h5-11H,4H2,1-3H3. The van der Waals surface area contributed by atoms with Crippen LogP contribution in [0.15, 0.2) is 42.5 Å². The van der Waals surface area contributed by atoms with Crippen LogP contribution in [0.1, 0.15) is 18.3 Å². The molecule has 2 aromatic carbocycles. The average molecular weight is 250 g/mol. The van der Waals surface area contributed by atoms with E-state index in [1.54, 1.807) is 0 Å². The third-order valence-corrected chi connectivity index (χ3v) is 3.80. The van der Waals surface area contributed by atoms with Crippen molar-refractivity contribution in [1.82, 2.24) is 9.55 Å². The molecule has 96 valence electrons. The van der Waals surface area contributed by atoms with Gasteiger partial charge in [0.15, 0.2) is 0 Å². The van der Waals surface area contributed by atoms with Gasteiger partial charge in [0.25, 0.3) is 0 Å². The molecular formula is C17H18N2. The third kappa shape index (κ3) is 1.84. The second-order valence-corrected chi connectivity index (χ2v) is 4.88. The number of benzene rings is 2. The average Bonchev–Trinajstić information content (AvgIpc) is 2.73. The van der Waals surface area contributed by atoms with Gasteiger partial charge in [-0.05, 0) is 31.5 Å². The molecule has 1 heterocycles. The van der Waals surface area contributed by atoms with E-state index in [-0.39, 0.29) is 0 Å². The van der Waals surface area contributed by atoms with Crippen LogP contribution in [0.2, 0.25) is 0 Å². The van der Waals surface area contributed by atoms with E-state index >= 15 is 0 Å². The van der Waals surface area contributed by atoms with Crippen LogP contribution in [-0.4, -0.2) is 9.55 Å². The highest BCUT2D eigenvalue weighted by atomic mass is 15.1.